The predicted octanol–water partition coefficient (Wildman–Crippen LogP) is 3.12. The van der Waals surface area contributed by atoms with Gasteiger partial charge in [0.25, 0.3) is 10.0 Å². The largest absolute Gasteiger partial charge is 0.294 e. The summed E-state index contributed by atoms with van der Waals surface area (Å²) in [6.07, 6.45) is -0.140. The van der Waals surface area contributed by atoms with Crippen LogP contribution in [0.25, 0.3) is 10.8 Å². The number of nitrogens with one attached hydrogen (secondary N) is 2. The topological polar surface area (TPSA) is 92.3 Å². The van der Waals surface area contributed by atoms with Crippen LogP contribution in [0.4, 0.5) is 0 Å². The molecule has 0 heterocycles. The lowest BCUT2D eigenvalue weighted by atomic mass is 10.0. The highest BCUT2D eigenvalue weighted by Crippen LogP contribution is 2.17. The molecule has 28 heavy (non-hydrogen) atoms. The van der Waals surface area contributed by atoms with Crippen molar-refractivity contribution in [3.05, 3.63) is 77.9 Å². The van der Waals surface area contributed by atoms with Gasteiger partial charge in [-0.1, -0.05) is 54.1 Å². The summed E-state index contributed by atoms with van der Waals surface area (Å²) >= 11 is 0. The van der Waals surface area contributed by atoms with Crippen LogP contribution in [0.5, 0.6) is 0 Å². The molecular formula is C21H20N2O4S. The number of hydrogen-bond acceptors (Lipinski definition) is 4. The second-order valence-electron chi connectivity index (χ2n) is 6.45. The van der Waals surface area contributed by atoms with E-state index in [0.29, 0.717) is 5.56 Å². The van der Waals surface area contributed by atoms with E-state index in [4.69, 9.17) is 0 Å². The van der Waals surface area contributed by atoms with Crippen LogP contribution in [0.15, 0.2) is 71.6 Å². The summed E-state index contributed by atoms with van der Waals surface area (Å²) in [4.78, 5) is 26.4. The fourth-order valence-corrected chi connectivity index (χ4v) is 3.56. The molecule has 2 N–H and O–H groups in total. The van der Waals surface area contributed by atoms with E-state index in [1.165, 1.54) is 12.1 Å². The third kappa shape index (κ3) is 4.82. The predicted molar refractivity (Wildman–Crippen MR) is 107 cm³/mol. The molecule has 144 valence electrons. The van der Waals surface area contributed by atoms with Gasteiger partial charge in [0.15, 0.2) is 5.78 Å². The van der Waals surface area contributed by atoms with E-state index in [2.05, 4.69) is 5.43 Å². The zero-order valence-corrected chi connectivity index (χ0v) is 16.1. The maximum Gasteiger partial charge on any atom is 0.257 e. The summed E-state index contributed by atoms with van der Waals surface area (Å²) in [5.74, 6) is -0.757. The third-order valence-corrected chi connectivity index (χ3v) is 5.57. The Balaban J connectivity index is 1.54. The number of benzene rings is 3. The molecule has 0 aromatic heterocycles. The van der Waals surface area contributed by atoms with Gasteiger partial charge in [-0.15, -0.1) is 4.83 Å². The lowest BCUT2D eigenvalue weighted by molar-refractivity contribution is -0.121. The number of aryl methyl sites for hydroxylation is 1. The van der Waals surface area contributed by atoms with E-state index in [1.807, 2.05) is 42.1 Å². The van der Waals surface area contributed by atoms with Crippen molar-refractivity contribution >= 4 is 32.5 Å². The van der Waals surface area contributed by atoms with Crippen molar-refractivity contribution in [3.63, 3.8) is 0 Å². The Morgan fingerprint density at radius 3 is 2.25 bits per heavy atom. The van der Waals surface area contributed by atoms with Gasteiger partial charge in [-0.2, -0.15) is 0 Å². The van der Waals surface area contributed by atoms with Crippen LogP contribution in [0, 0.1) is 6.92 Å². The van der Waals surface area contributed by atoms with E-state index in [0.717, 1.165) is 16.3 Å². The number of carbonyl (C=O) groups excluding carboxylic acids is 2. The molecule has 0 saturated carbocycles. The molecule has 3 rings (SSSR count). The Morgan fingerprint density at radius 2 is 1.54 bits per heavy atom. The van der Waals surface area contributed by atoms with E-state index in [9.17, 15) is 18.0 Å². The molecule has 3 aromatic rings. The molecule has 0 bridgehead atoms. The highest BCUT2D eigenvalue weighted by atomic mass is 32.2. The van der Waals surface area contributed by atoms with Crippen molar-refractivity contribution < 1.29 is 18.0 Å². The number of rotatable bonds is 7. The Bertz CT molecular complexity index is 1120. The first-order valence-electron chi connectivity index (χ1n) is 8.74. The van der Waals surface area contributed by atoms with Crippen LogP contribution in [0.2, 0.25) is 0 Å². The van der Waals surface area contributed by atoms with Crippen molar-refractivity contribution in [1.29, 1.82) is 0 Å². The maximum absolute atomic E-state index is 12.3. The fraction of sp³-hybridized carbons (Fsp3) is 0.143. The van der Waals surface area contributed by atoms with Crippen molar-refractivity contribution in [1.82, 2.24) is 10.3 Å². The van der Waals surface area contributed by atoms with Crippen LogP contribution in [0.1, 0.15) is 28.8 Å². The maximum atomic E-state index is 12.3. The van der Waals surface area contributed by atoms with Gasteiger partial charge >= 0.3 is 0 Å². The van der Waals surface area contributed by atoms with Crippen molar-refractivity contribution in [2.45, 2.75) is 24.7 Å². The average Bonchev–Trinajstić information content (AvgIpc) is 2.70. The number of hydrazine groups is 1. The monoisotopic (exact) mass is 396 g/mol. The molecule has 6 nitrogen and oxygen atoms in total. The summed E-state index contributed by atoms with van der Waals surface area (Å²) in [6.45, 7) is 1.85. The first-order valence-corrected chi connectivity index (χ1v) is 10.2. The smallest absolute Gasteiger partial charge is 0.257 e. The number of Topliss-reactive ketones (excluding diaryl/α,β-unsaturated/α-hetero) is 1. The molecule has 0 aliphatic rings. The molecule has 0 aliphatic heterocycles. The fourth-order valence-electron chi connectivity index (χ4n) is 2.70. The number of sulfonamides is 1. The molecular weight excluding hydrogens is 376 g/mol. The van der Waals surface area contributed by atoms with Gasteiger partial charge in [0.2, 0.25) is 5.91 Å². The molecule has 0 unspecified atom stereocenters. The molecule has 0 atom stereocenters. The van der Waals surface area contributed by atoms with Gasteiger partial charge in [-0.05, 0) is 35.9 Å². The van der Waals surface area contributed by atoms with Crippen LogP contribution in [-0.4, -0.2) is 20.1 Å². The van der Waals surface area contributed by atoms with Gasteiger partial charge in [-0.3, -0.25) is 15.0 Å². The molecule has 3 aromatic carbocycles. The second kappa shape index (κ2) is 8.33. The molecule has 0 aliphatic carbocycles. The number of fused-ring (bicyclic) bond motifs is 1. The number of amides is 1. The normalized spacial score (nSPS) is 11.3. The molecule has 7 heteroatoms. The number of carbonyl (C=O) groups is 2. The van der Waals surface area contributed by atoms with Gasteiger partial charge < -0.3 is 0 Å². The van der Waals surface area contributed by atoms with E-state index < -0.39 is 15.9 Å². The molecule has 0 spiro atoms. The van der Waals surface area contributed by atoms with Crippen LogP contribution < -0.4 is 10.3 Å². The third-order valence-electron chi connectivity index (χ3n) is 4.31. The van der Waals surface area contributed by atoms with E-state index in [1.54, 1.807) is 24.3 Å². The van der Waals surface area contributed by atoms with Crippen molar-refractivity contribution in [2.75, 3.05) is 0 Å². The van der Waals surface area contributed by atoms with Gasteiger partial charge in [0, 0.05) is 18.4 Å². The van der Waals surface area contributed by atoms with Gasteiger partial charge in [-0.25, -0.2) is 8.42 Å². The first kappa shape index (κ1) is 19.7. The lowest BCUT2D eigenvalue weighted by Crippen LogP contribution is -2.41. The quantitative estimate of drug-likeness (QED) is 0.474. The Morgan fingerprint density at radius 1 is 0.857 bits per heavy atom. The summed E-state index contributed by atoms with van der Waals surface area (Å²) in [7, 11) is -3.85. The summed E-state index contributed by atoms with van der Waals surface area (Å²) in [5.41, 5.74) is 3.59. The Hall–Kier alpha value is -3.03. The van der Waals surface area contributed by atoms with Gasteiger partial charge in [0.1, 0.15) is 0 Å². The van der Waals surface area contributed by atoms with E-state index >= 15 is 0 Å². The van der Waals surface area contributed by atoms with Crippen LogP contribution in [-0.2, 0) is 14.8 Å². The molecule has 1 amide bonds. The first-order chi connectivity index (χ1) is 13.3. The SMILES string of the molecule is Cc1ccc(S(=O)(=O)NNC(=O)CCC(=O)c2ccc3ccccc3c2)cc1. The average molecular weight is 396 g/mol. The zero-order valence-electron chi connectivity index (χ0n) is 15.3. The number of hydrogen-bond donors (Lipinski definition) is 2. The number of ketones is 1. The van der Waals surface area contributed by atoms with Crippen molar-refractivity contribution in [3.8, 4) is 0 Å². The summed E-state index contributed by atoms with van der Waals surface area (Å²) in [5, 5.41) is 1.98. The van der Waals surface area contributed by atoms with Crippen LogP contribution >= 0.6 is 0 Å². The minimum atomic E-state index is -3.85. The minimum absolute atomic E-state index is 0.0174. The Labute approximate surface area is 163 Å². The lowest BCUT2D eigenvalue weighted by Gasteiger charge is -2.09. The van der Waals surface area contributed by atoms with E-state index in [-0.39, 0.29) is 23.5 Å². The molecule has 0 radical (unpaired) electrons. The summed E-state index contributed by atoms with van der Waals surface area (Å²) < 4.78 is 24.3. The Kier molecular flexibility index (Phi) is 5.87. The van der Waals surface area contributed by atoms with Crippen molar-refractivity contribution in [2.24, 2.45) is 0 Å². The minimum Gasteiger partial charge on any atom is -0.294 e. The highest BCUT2D eigenvalue weighted by molar-refractivity contribution is 7.89. The second-order valence-corrected chi connectivity index (χ2v) is 8.13. The van der Waals surface area contributed by atoms with Crippen LogP contribution in [0.3, 0.4) is 0 Å². The summed E-state index contributed by atoms with van der Waals surface area (Å²) in [6, 6.07) is 19.3. The molecule has 0 fully saturated rings. The van der Waals surface area contributed by atoms with Gasteiger partial charge in [0.05, 0.1) is 4.90 Å². The molecule has 0 saturated heterocycles. The highest BCUT2D eigenvalue weighted by Gasteiger charge is 2.15. The zero-order chi connectivity index (χ0) is 20.1. The standard InChI is InChI=1S/C21H20N2O4S/c1-15-6-10-19(11-7-15)28(26,27)23-22-21(25)13-12-20(24)18-9-8-16-4-2-3-5-17(16)14-18/h2-11,14,23H,12-13H2,1H3,(H,22,25).